The van der Waals surface area contributed by atoms with Gasteiger partial charge < -0.3 is 4.42 Å². The topological polar surface area (TPSA) is 13.1 Å². The molecule has 1 nitrogen and oxygen atoms in total. The highest BCUT2D eigenvalue weighted by Crippen LogP contribution is 2.50. The minimum absolute atomic E-state index is 0.000316. The van der Waals surface area contributed by atoms with Crippen LogP contribution in [0.1, 0.15) is 24.7 Å². The summed E-state index contributed by atoms with van der Waals surface area (Å²) >= 11 is 0. The van der Waals surface area contributed by atoms with Crippen LogP contribution in [-0.2, 0) is 0 Å². The predicted molar refractivity (Wildman–Crippen MR) is 208 cm³/mol. The van der Waals surface area contributed by atoms with Crippen molar-refractivity contribution in [1.82, 2.24) is 0 Å². The summed E-state index contributed by atoms with van der Waals surface area (Å²) in [4.78, 5) is 0. The number of hydrogen-bond donors (Lipinski definition) is 0. The molecule has 0 saturated carbocycles. The van der Waals surface area contributed by atoms with Crippen molar-refractivity contribution >= 4 is 54.3 Å². The van der Waals surface area contributed by atoms with Gasteiger partial charge in [-0.2, -0.15) is 0 Å². The lowest BCUT2D eigenvalue weighted by molar-refractivity contribution is 0.669. The van der Waals surface area contributed by atoms with Crippen molar-refractivity contribution in [2.24, 2.45) is 0 Å². The van der Waals surface area contributed by atoms with E-state index in [2.05, 4.69) is 0 Å². The minimum atomic E-state index is -0.665. The van der Waals surface area contributed by atoms with Crippen LogP contribution >= 0.6 is 0 Å². The van der Waals surface area contributed by atoms with Crippen molar-refractivity contribution < 1.29 is 29.1 Å². The summed E-state index contributed by atoms with van der Waals surface area (Å²) in [6.45, 7) is 0. The van der Waals surface area contributed by atoms with Crippen LogP contribution in [0.4, 0.5) is 0 Å². The molecule has 0 atom stereocenters. The monoisotopic (exact) mass is 640 g/mol. The van der Waals surface area contributed by atoms with Crippen LogP contribution in [0.5, 0.6) is 0 Å². The van der Waals surface area contributed by atoms with Crippen LogP contribution in [0.15, 0.2) is 186 Å². The van der Waals surface area contributed by atoms with Gasteiger partial charge in [-0.05, 0) is 95.0 Å². The second-order valence-corrected chi connectivity index (χ2v) is 11.5. The van der Waals surface area contributed by atoms with E-state index in [1.807, 2.05) is 0 Å². The van der Waals surface area contributed by atoms with Gasteiger partial charge in [0, 0.05) is 10.8 Å². The summed E-state index contributed by atoms with van der Waals surface area (Å²) < 4.78 is 166. The van der Waals surface area contributed by atoms with Crippen molar-refractivity contribution in [2.45, 2.75) is 0 Å². The van der Waals surface area contributed by atoms with Crippen LogP contribution in [0, 0.1) is 0 Å². The van der Waals surface area contributed by atoms with E-state index in [0.717, 1.165) is 0 Å². The Morgan fingerprint density at radius 1 is 0.367 bits per heavy atom. The molecule has 0 spiro atoms. The Morgan fingerprint density at radius 3 is 1.71 bits per heavy atom. The largest absolute Gasteiger partial charge is 0.456 e. The molecule has 0 aliphatic rings. The Labute approximate surface area is 309 Å². The first-order chi connectivity index (χ1) is 31.8. The molecule has 10 rings (SSSR count). The van der Waals surface area contributed by atoms with Gasteiger partial charge in [0.1, 0.15) is 11.2 Å². The molecule has 1 heterocycles. The summed E-state index contributed by atoms with van der Waals surface area (Å²) in [7, 11) is 0. The van der Waals surface area contributed by atoms with E-state index in [-0.39, 0.29) is 77.2 Å². The van der Waals surface area contributed by atoms with Crippen LogP contribution in [0.25, 0.3) is 98.8 Å². The number of rotatable bonds is 4. The molecule has 0 saturated heterocycles. The maximum absolute atomic E-state index is 9.65. The lowest BCUT2D eigenvalue weighted by Gasteiger charge is -2.21. The highest BCUT2D eigenvalue weighted by Gasteiger charge is 2.23. The fourth-order valence-corrected chi connectivity index (χ4v) is 6.86. The van der Waals surface area contributed by atoms with Gasteiger partial charge in [0.25, 0.3) is 0 Å². The zero-order valence-electron chi connectivity index (χ0n) is 43.3. The molecule has 0 bridgehead atoms. The van der Waals surface area contributed by atoms with E-state index < -0.39 is 109 Å². The van der Waals surface area contributed by atoms with E-state index in [0.29, 0.717) is 21.5 Å². The summed E-state index contributed by atoms with van der Waals surface area (Å²) in [5.41, 5.74) is 0.699. The van der Waals surface area contributed by atoms with Gasteiger partial charge in [-0.15, -0.1) is 0 Å². The van der Waals surface area contributed by atoms with E-state index in [1.54, 1.807) is 60.7 Å². The molecule has 1 aromatic heterocycles. The smallest absolute Gasteiger partial charge is 0.136 e. The summed E-state index contributed by atoms with van der Waals surface area (Å²) in [5.74, 6) is 0. The minimum Gasteiger partial charge on any atom is -0.456 e. The van der Waals surface area contributed by atoms with Gasteiger partial charge in [-0.1, -0.05) is 163 Å². The molecule has 49 heavy (non-hydrogen) atoms. The van der Waals surface area contributed by atoms with Gasteiger partial charge >= 0.3 is 0 Å². The molecule has 9 aromatic carbocycles. The zero-order valence-corrected chi connectivity index (χ0v) is 25.3. The van der Waals surface area contributed by atoms with Gasteiger partial charge in [0.2, 0.25) is 0 Å². The Hall–Kier alpha value is -6.44. The molecule has 0 radical (unpaired) electrons. The van der Waals surface area contributed by atoms with E-state index >= 15 is 0 Å². The number of furan rings is 1. The first-order valence-corrected chi connectivity index (χ1v) is 15.4. The molecular formula is C48H30O. The maximum atomic E-state index is 9.65. The zero-order chi connectivity index (χ0) is 48.0. The highest BCUT2D eigenvalue weighted by atomic mass is 16.3. The molecule has 0 aliphatic heterocycles. The molecule has 10 aromatic rings. The van der Waals surface area contributed by atoms with Crippen molar-refractivity contribution in [3.63, 3.8) is 0 Å². The average molecular weight is 641 g/mol. The maximum Gasteiger partial charge on any atom is 0.136 e. The molecule has 0 N–H and O–H groups in total. The molecular weight excluding hydrogens is 593 g/mol. The molecule has 228 valence electrons. The first-order valence-electron chi connectivity index (χ1n) is 24.4. The van der Waals surface area contributed by atoms with Gasteiger partial charge in [0.05, 0.1) is 24.7 Å². The van der Waals surface area contributed by atoms with Crippen molar-refractivity contribution in [3.05, 3.63) is 182 Å². The van der Waals surface area contributed by atoms with E-state index in [1.165, 1.54) is 12.1 Å². The quantitative estimate of drug-likeness (QED) is 0.174. The number of hydrogen-bond acceptors (Lipinski definition) is 1. The summed E-state index contributed by atoms with van der Waals surface area (Å²) in [6, 6.07) is 9.25. The highest BCUT2D eigenvalue weighted by molar-refractivity contribution is 6.28. The van der Waals surface area contributed by atoms with Crippen molar-refractivity contribution in [2.75, 3.05) is 0 Å². The normalized spacial score (nSPS) is 16.8. The molecule has 0 aliphatic carbocycles. The third kappa shape index (κ3) is 4.33. The Morgan fingerprint density at radius 2 is 1.00 bits per heavy atom. The fourth-order valence-electron chi connectivity index (χ4n) is 6.86. The second-order valence-electron chi connectivity index (χ2n) is 11.5. The van der Waals surface area contributed by atoms with Crippen LogP contribution in [0.2, 0.25) is 0 Å². The lowest BCUT2D eigenvalue weighted by atomic mass is 9.81. The van der Waals surface area contributed by atoms with Crippen LogP contribution in [0.3, 0.4) is 0 Å². The van der Waals surface area contributed by atoms with Gasteiger partial charge in [0.15, 0.2) is 0 Å². The van der Waals surface area contributed by atoms with E-state index in [9.17, 15) is 5.48 Å². The number of fused-ring (bicyclic) bond motifs is 6. The SMILES string of the molecule is [2H]c1c([2H])c([2H])c(-c2ccc3c(c2)oc2cccc(-c4c5c([2H])c([2H])c([2H])c([2H])c5c(-c5c(-c6c([2H])c([2H])c([2H])c([2H])c6[2H])ccc6ccccc56)c5c([2H])c([2H])c([2H])c([2H])c45)c23)c([2H])c1[2H]. The van der Waals surface area contributed by atoms with Gasteiger partial charge in [-0.3, -0.25) is 0 Å². The fraction of sp³-hybridized carbons (Fsp3) is 0. The van der Waals surface area contributed by atoms with Gasteiger partial charge in [-0.25, -0.2) is 0 Å². The van der Waals surface area contributed by atoms with E-state index in [4.69, 9.17) is 23.6 Å². The van der Waals surface area contributed by atoms with Crippen LogP contribution < -0.4 is 0 Å². The lowest BCUT2D eigenvalue weighted by Crippen LogP contribution is -1.94. The first kappa shape index (κ1) is 15.2. The van der Waals surface area contributed by atoms with Crippen LogP contribution in [-0.4, -0.2) is 0 Å². The van der Waals surface area contributed by atoms with Crippen molar-refractivity contribution in [1.29, 1.82) is 0 Å². The molecule has 0 unspecified atom stereocenters. The third-order valence-electron chi connectivity index (χ3n) is 8.88. The predicted octanol–water partition coefficient (Wildman–Crippen LogP) is 13.7. The summed E-state index contributed by atoms with van der Waals surface area (Å²) in [6.07, 6.45) is 0. The molecule has 1 heteroatoms. The Balaban J connectivity index is 1.44. The second kappa shape index (κ2) is 11.1. The third-order valence-corrected chi connectivity index (χ3v) is 8.88. The standard InChI is InChI=1S/C48H30O/c1-3-14-31(15-4-1)34-27-29-41-44(30-34)49-43-25-13-24-42(46(41)43)45-37-20-9-11-22-39(37)48(40-23-12-10-21-38(40)45)47-35-19-8-7-18-33(35)26-28-36(47)32-16-5-2-6-17-32/h1-30H/i1D,2D,3D,4D,5D,6D,9D,10D,11D,12D,14D,15D,16D,17D,20D,21D,22D,23D. The Kier molecular flexibility index (Phi) is 3.43. The molecule has 0 amide bonds. The average Bonchev–Trinajstić information content (AvgIpc) is 3.71. The van der Waals surface area contributed by atoms with Crippen molar-refractivity contribution in [3.8, 4) is 44.5 Å². The summed E-state index contributed by atoms with van der Waals surface area (Å²) in [5, 5.41) is 1.12. The molecule has 0 fully saturated rings. The Bertz CT molecular complexity index is 3770. The number of benzene rings is 9.